The topological polar surface area (TPSA) is 18.5 Å². The summed E-state index contributed by atoms with van der Waals surface area (Å²) >= 11 is 0. The third-order valence-corrected chi connectivity index (χ3v) is 4.03. The van der Waals surface area contributed by atoms with Crippen molar-refractivity contribution in [2.45, 2.75) is 33.3 Å². The highest BCUT2D eigenvalue weighted by atomic mass is 16.6. The lowest BCUT2D eigenvalue weighted by Gasteiger charge is -2.47. The maximum Gasteiger partial charge on any atom is 0.494 e. The first-order chi connectivity index (χ1) is 9.23. The van der Waals surface area contributed by atoms with E-state index in [4.69, 9.17) is 12.1 Å². The van der Waals surface area contributed by atoms with Gasteiger partial charge in [-0.25, -0.2) is 0 Å². The lowest BCUT2D eigenvalue weighted by molar-refractivity contribution is -0.0937. The van der Waals surface area contributed by atoms with Crippen LogP contribution in [-0.4, -0.2) is 19.3 Å². The SMILES string of the molecule is [2H]C([2H])=Cc1ccccc1B1OCC(C)(C)C(C)(C)O1. The number of hydrogen-bond donors (Lipinski definition) is 0. The fourth-order valence-electron chi connectivity index (χ4n) is 1.93. The second-order valence-electron chi connectivity index (χ2n) is 5.93. The molecule has 0 aromatic heterocycles. The molecule has 0 bridgehead atoms. The Morgan fingerprint density at radius 3 is 2.72 bits per heavy atom. The number of benzene rings is 1. The summed E-state index contributed by atoms with van der Waals surface area (Å²) in [4.78, 5) is 0. The predicted molar refractivity (Wildman–Crippen MR) is 76.8 cm³/mol. The molecule has 1 heterocycles. The smallest absolute Gasteiger partial charge is 0.407 e. The third kappa shape index (κ3) is 2.25. The van der Waals surface area contributed by atoms with Gasteiger partial charge in [-0.3, -0.25) is 0 Å². The largest absolute Gasteiger partial charge is 0.494 e. The van der Waals surface area contributed by atoms with Crippen molar-refractivity contribution in [1.29, 1.82) is 0 Å². The summed E-state index contributed by atoms with van der Waals surface area (Å²) in [6.45, 7) is 8.77. The van der Waals surface area contributed by atoms with Crippen LogP contribution >= 0.6 is 0 Å². The molecule has 0 atom stereocenters. The van der Waals surface area contributed by atoms with E-state index in [1.807, 2.05) is 24.3 Å². The van der Waals surface area contributed by atoms with Crippen LogP contribution in [0.3, 0.4) is 0 Å². The molecule has 0 spiro atoms. The molecule has 2 rings (SSSR count). The Morgan fingerprint density at radius 1 is 1.33 bits per heavy atom. The molecule has 1 aromatic rings. The highest BCUT2D eigenvalue weighted by molar-refractivity contribution is 6.62. The maximum absolute atomic E-state index is 7.31. The molecule has 96 valence electrons. The van der Waals surface area contributed by atoms with Gasteiger partial charge in [0.15, 0.2) is 0 Å². The highest BCUT2D eigenvalue weighted by Crippen LogP contribution is 2.38. The van der Waals surface area contributed by atoms with Gasteiger partial charge in [-0.15, -0.1) is 0 Å². The van der Waals surface area contributed by atoms with Crippen LogP contribution < -0.4 is 5.46 Å². The molecule has 3 heteroatoms. The standard InChI is InChI=1S/C15H21BO2/c1-6-12-9-7-8-10-13(12)16-17-11-14(2,3)15(4,5)18-16/h6-10H,1,11H2,2-5H3/i1D2. The molecular weight excluding hydrogens is 223 g/mol. The van der Waals surface area contributed by atoms with E-state index in [0.717, 1.165) is 11.0 Å². The van der Waals surface area contributed by atoms with Crippen LogP contribution in [-0.2, 0) is 9.31 Å². The van der Waals surface area contributed by atoms with Gasteiger partial charge in [0.2, 0.25) is 0 Å². The van der Waals surface area contributed by atoms with E-state index >= 15 is 0 Å². The van der Waals surface area contributed by atoms with Crippen molar-refractivity contribution in [3.8, 4) is 0 Å². The Labute approximate surface area is 113 Å². The quantitative estimate of drug-likeness (QED) is 0.747. The van der Waals surface area contributed by atoms with Crippen LogP contribution in [0.15, 0.2) is 30.8 Å². The molecule has 18 heavy (non-hydrogen) atoms. The molecule has 1 aromatic carbocycles. The van der Waals surface area contributed by atoms with Gasteiger partial charge in [0, 0.05) is 12.0 Å². The minimum atomic E-state index is -0.454. The van der Waals surface area contributed by atoms with E-state index in [9.17, 15) is 0 Å². The zero-order chi connectivity index (χ0) is 15.0. The molecule has 0 aliphatic carbocycles. The second-order valence-corrected chi connectivity index (χ2v) is 5.93. The number of rotatable bonds is 2. The second kappa shape index (κ2) is 4.56. The molecule has 2 nitrogen and oxygen atoms in total. The summed E-state index contributed by atoms with van der Waals surface area (Å²) in [5.74, 6) is 0. The van der Waals surface area contributed by atoms with E-state index < -0.39 is 7.12 Å². The number of hydrogen-bond acceptors (Lipinski definition) is 2. The van der Waals surface area contributed by atoms with Gasteiger partial charge in [-0.05, 0) is 24.9 Å². The average molecular weight is 246 g/mol. The fraction of sp³-hybridized carbons (Fsp3) is 0.467. The van der Waals surface area contributed by atoms with Crippen molar-refractivity contribution in [2.24, 2.45) is 5.41 Å². The summed E-state index contributed by atoms with van der Waals surface area (Å²) < 4.78 is 26.6. The predicted octanol–water partition coefficient (Wildman–Crippen LogP) is 2.88. The van der Waals surface area contributed by atoms with Gasteiger partial charge in [0.25, 0.3) is 0 Å². The van der Waals surface area contributed by atoms with Gasteiger partial charge < -0.3 is 9.31 Å². The lowest BCUT2D eigenvalue weighted by Crippen LogP contribution is -2.58. The Kier molecular flexibility index (Phi) is 2.74. The molecule has 1 aliphatic heterocycles. The van der Waals surface area contributed by atoms with E-state index in [-0.39, 0.29) is 17.5 Å². The van der Waals surface area contributed by atoms with Crippen LogP contribution in [0.2, 0.25) is 0 Å². The molecule has 0 unspecified atom stereocenters. The summed E-state index contributed by atoms with van der Waals surface area (Å²) in [5, 5.41) is 0. The molecule has 1 saturated heterocycles. The highest BCUT2D eigenvalue weighted by Gasteiger charge is 2.47. The van der Waals surface area contributed by atoms with Gasteiger partial charge in [0.05, 0.1) is 8.34 Å². The van der Waals surface area contributed by atoms with Gasteiger partial charge in [-0.2, -0.15) is 0 Å². The van der Waals surface area contributed by atoms with Crippen molar-refractivity contribution in [3.05, 3.63) is 36.4 Å². The first kappa shape index (κ1) is 10.8. The molecule has 0 N–H and O–H groups in total. The van der Waals surface area contributed by atoms with Crippen LogP contribution in [0.4, 0.5) is 0 Å². The van der Waals surface area contributed by atoms with Gasteiger partial charge in [0.1, 0.15) is 0 Å². The van der Waals surface area contributed by atoms with Crippen LogP contribution in [0.5, 0.6) is 0 Å². The zero-order valence-corrected chi connectivity index (χ0v) is 11.5. The summed E-state index contributed by atoms with van der Waals surface area (Å²) in [6, 6.07) is 7.60. The Bertz CT molecular complexity index is 522. The summed E-state index contributed by atoms with van der Waals surface area (Å²) in [7, 11) is -0.454. The first-order valence-corrected chi connectivity index (χ1v) is 6.26. The van der Waals surface area contributed by atoms with Crippen LogP contribution in [0.1, 0.15) is 36.0 Å². The maximum atomic E-state index is 7.31. The minimum absolute atomic E-state index is 0.0652. The van der Waals surface area contributed by atoms with E-state index in [1.54, 1.807) is 0 Å². The Morgan fingerprint density at radius 2 is 2.06 bits per heavy atom. The summed E-state index contributed by atoms with van der Waals surface area (Å²) in [5.41, 5.74) is 1.29. The molecule has 1 aliphatic rings. The van der Waals surface area contributed by atoms with Crippen LogP contribution in [0.25, 0.3) is 6.08 Å². The fourth-order valence-corrected chi connectivity index (χ4v) is 1.93. The Balaban J connectivity index is 2.32. The van der Waals surface area contributed by atoms with E-state index in [2.05, 4.69) is 27.7 Å². The molecule has 0 radical (unpaired) electrons. The monoisotopic (exact) mass is 246 g/mol. The van der Waals surface area contributed by atoms with Crippen LogP contribution in [0, 0.1) is 5.41 Å². The average Bonchev–Trinajstić information content (AvgIpc) is 2.33. The van der Waals surface area contributed by atoms with E-state index in [1.165, 1.54) is 6.08 Å². The third-order valence-electron chi connectivity index (χ3n) is 4.03. The molecular formula is C15H21BO2. The normalized spacial score (nSPS) is 23.0. The van der Waals surface area contributed by atoms with Crippen molar-refractivity contribution >= 4 is 18.7 Å². The van der Waals surface area contributed by atoms with E-state index in [0.29, 0.717) is 6.61 Å². The first-order valence-electron chi connectivity index (χ1n) is 7.26. The van der Waals surface area contributed by atoms with Gasteiger partial charge >= 0.3 is 7.12 Å². The minimum Gasteiger partial charge on any atom is -0.407 e. The van der Waals surface area contributed by atoms with Crippen molar-refractivity contribution in [3.63, 3.8) is 0 Å². The van der Waals surface area contributed by atoms with Crippen molar-refractivity contribution in [1.82, 2.24) is 0 Å². The zero-order valence-electron chi connectivity index (χ0n) is 13.5. The van der Waals surface area contributed by atoms with Gasteiger partial charge in [-0.1, -0.05) is 50.7 Å². The molecule has 0 amide bonds. The van der Waals surface area contributed by atoms with Crippen molar-refractivity contribution in [2.75, 3.05) is 6.61 Å². The lowest BCUT2D eigenvalue weighted by atomic mass is 9.68. The Hall–Kier alpha value is -1.06. The molecule has 0 saturated carbocycles. The molecule has 1 fully saturated rings. The van der Waals surface area contributed by atoms with Crippen molar-refractivity contribution < 1.29 is 12.1 Å². The summed E-state index contributed by atoms with van der Waals surface area (Å²) in [6.07, 6.45) is 1.51.